The van der Waals surface area contributed by atoms with Crippen LogP contribution in [0.4, 0.5) is 5.69 Å². The SMILES string of the molecule is N/C(=N\[N+](=O)[O-])N/N=C/C=C/c1ccc([N+](=O)[O-])cc1. The van der Waals surface area contributed by atoms with Gasteiger partial charge in [0.2, 0.25) is 0 Å². The smallest absolute Gasteiger partial charge is 0.286 e. The molecule has 0 bridgehead atoms. The highest BCUT2D eigenvalue weighted by Gasteiger charge is 2.01. The number of hydrogen-bond acceptors (Lipinski definition) is 5. The predicted octanol–water partition coefficient (Wildman–Crippen LogP) is 0.690. The molecule has 0 heterocycles. The summed E-state index contributed by atoms with van der Waals surface area (Å²) < 4.78 is 0. The summed E-state index contributed by atoms with van der Waals surface area (Å²) in [6.07, 6.45) is 4.45. The van der Waals surface area contributed by atoms with Gasteiger partial charge in [-0.05, 0) is 23.8 Å². The molecule has 0 atom stereocenters. The molecule has 0 amide bonds. The molecule has 1 aromatic carbocycles. The van der Waals surface area contributed by atoms with Crippen molar-refractivity contribution in [3.8, 4) is 0 Å². The van der Waals surface area contributed by atoms with Gasteiger partial charge in [-0.1, -0.05) is 6.08 Å². The fourth-order valence-corrected chi connectivity index (χ4v) is 1.12. The largest absolute Gasteiger partial charge is 0.363 e. The molecule has 0 unspecified atom stereocenters. The Kier molecular flexibility index (Phi) is 5.32. The van der Waals surface area contributed by atoms with Crippen molar-refractivity contribution in [3.63, 3.8) is 0 Å². The Morgan fingerprint density at radius 1 is 1.25 bits per heavy atom. The zero-order chi connectivity index (χ0) is 15.0. The first-order chi connectivity index (χ1) is 9.49. The molecule has 0 radical (unpaired) electrons. The number of non-ortho nitro benzene ring substituents is 1. The van der Waals surface area contributed by atoms with E-state index >= 15 is 0 Å². The molecule has 10 nitrogen and oxygen atoms in total. The molecule has 0 spiro atoms. The third-order valence-electron chi connectivity index (χ3n) is 1.92. The fraction of sp³-hybridized carbons (Fsp3) is 0. The maximum absolute atomic E-state index is 10.4. The summed E-state index contributed by atoms with van der Waals surface area (Å²) in [5.74, 6) is -0.449. The van der Waals surface area contributed by atoms with E-state index in [0.29, 0.717) is 0 Å². The van der Waals surface area contributed by atoms with Crippen LogP contribution in [0.15, 0.2) is 40.5 Å². The Morgan fingerprint density at radius 2 is 1.90 bits per heavy atom. The van der Waals surface area contributed by atoms with Crippen molar-refractivity contribution in [1.82, 2.24) is 5.43 Å². The van der Waals surface area contributed by atoms with Gasteiger partial charge in [-0.3, -0.25) is 10.1 Å². The molecule has 0 aromatic heterocycles. The number of benzene rings is 1. The molecule has 0 saturated heterocycles. The highest BCUT2D eigenvalue weighted by atomic mass is 16.7. The normalized spacial score (nSPS) is 11.9. The molecule has 104 valence electrons. The van der Waals surface area contributed by atoms with Gasteiger partial charge in [0, 0.05) is 18.3 Å². The lowest BCUT2D eigenvalue weighted by molar-refractivity contribution is -0.485. The van der Waals surface area contributed by atoms with Gasteiger partial charge in [0.25, 0.3) is 11.6 Å². The summed E-state index contributed by atoms with van der Waals surface area (Å²) in [4.78, 5) is 19.9. The Morgan fingerprint density at radius 3 is 2.45 bits per heavy atom. The third kappa shape index (κ3) is 5.35. The van der Waals surface area contributed by atoms with Crippen LogP contribution in [0.25, 0.3) is 6.08 Å². The van der Waals surface area contributed by atoms with Crippen LogP contribution in [0.2, 0.25) is 0 Å². The van der Waals surface area contributed by atoms with Crippen LogP contribution in [0.5, 0.6) is 0 Å². The zero-order valence-electron chi connectivity index (χ0n) is 10.0. The van der Waals surface area contributed by atoms with Crippen LogP contribution in [-0.2, 0) is 0 Å². The lowest BCUT2D eigenvalue weighted by Crippen LogP contribution is -2.28. The molecule has 0 aliphatic heterocycles. The molecule has 0 fully saturated rings. The van der Waals surface area contributed by atoms with Crippen molar-refractivity contribution in [1.29, 1.82) is 0 Å². The second-order valence-electron chi connectivity index (χ2n) is 3.32. The van der Waals surface area contributed by atoms with E-state index in [-0.39, 0.29) is 5.69 Å². The van der Waals surface area contributed by atoms with E-state index in [9.17, 15) is 20.2 Å². The van der Waals surface area contributed by atoms with Crippen molar-refractivity contribution < 1.29 is 9.96 Å². The molecule has 10 heteroatoms. The zero-order valence-corrected chi connectivity index (χ0v) is 10.0. The van der Waals surface area contributed by atoms with Crippen LogP contribution in [0.1, 0.15) is 5.56 Å². The second-order valence-corrected chi connectivity index (χ2v) is 3.32. The van der Waals surface area contributed by atoms with E-state index in [4.69, 9.17) is 5.73 Å². The minimum atomic E-state index is -0.954. The lowest BCUT2D eigenvalue weighted by atomic mass is 10.2. The summed E-state index contributed by atoms with van der Waals surface area (Å²) in [5, 5.41) is 25.7. The van der Waals surface area contributed by atoms with Gasteiger partial charge in [0.1, 0.15) is 5.10 Å². The molecular formula is C10H10N6O4. The number of nitro benzene ring substituents is 1. The molecule has 0 saturated carbocycles. The molecule has 0 aliphatic carbocycles. The van der Waals surface area contributed by atoms with Crippen LogP contribution in [-0.4, -0.2) is 22.1 Å². The van der Waals surface area contributed by atoms with Crippen LogP contribution < -0.4 is 11.2 Å². The first-order valence-corrected chi connectivity index (χ1v) is 5.17. The lowest BCUT2D eigenvalue weighted by Gasteiger charge is -1.93. The molecule has 1 rings (SSSR count). The van der Waals surface area contributed by atoms with E-state index < -0.39 is 15.9 Å². The molecule has 0 aliphatic rings. The minimum Gasteiger partial charge on any atom is -0.363 e. The predicted molar refractivity (Wildman–Crippen MR) is 72.4 cm³/mol. The van der Waals surface area contributed by atoms with Gasteiger partial charge in [0.15, 0.2) is 5.03 Å². The van der Waals surface area contributed by atoms with Crippen molar-refractivity contribution in [2.24, 2.45) is 15.9 Å². The van der Waals surface area contributed by atoms with Gasteiger partial charge in [-0.2, -0.15) is 5.10 Å². The average molecular weight is 278 g/mol. The number of nitro groups is 2. The monoisotopic (exact) mass is 278 g/mol. The molecule has 3 N–H and O–H groups in total. The van der Waals surface area contributed by atoms with Crippen LogP contribution in [0, 0.1) is 20.2 Å². The maximum Gasteiger partial charge on any atom is 0.286 e. The van der Waals surface area contributed by atoms with Gasteiger partial charge >= 0.3 is 0 Å². The van der Waals surface area contributed by atoms with E-state index in [2.05, 4.69) is 15.6 Å². The second kappa shape index (κ2) is 7.20. The van der Waals surface area contributed by atoms with Crippen molar-refractivity contribution >= 4 is 23.9 Å². The number of nitrogens with zero attached hydrogens (tertiary/aromatic N) is 4. The maximum atomic E-state index is 10.4. The Hall–Kier alpha value is -3.30. The Labute approximate surface area is 112 Å². The summed E-state index contributed by atoms with van der Waals surface area (Å²) in [6, 6.07) is 5.88. The summed E-state index contributed by atoms with van der Waals surface area (Å²) in [7, 11) is 0. The van der Waals surface area contributed by atoms with Crippen molar-refractivity contribution in [2.45, 2.75) is 0 Å². The first-order valence-electron chi connectivity index (χ1n) is 5.17. The van der Waals surface area contributed by atoms with Crippen LogP contribution >= 0.6 is 0 Å². The standard InChI is InChI=1S/C10H10N6O4/c11-10(14-16(19)20)13-12-7-1-2-8-3-5-9(6-4-8)15(17)18/h1-7H,(H3,11,13,14)/b2-1+,12-7+. The number of nitrogens with one attached hydrogen (secondary N) is 1. The van der Waals surface area contributed by atoms with Gasteiger partial charge in [-0.25, -0.2) is 15.5 Å². The fourth-order valence-electron chi connectivity index (χ4n) is 1.12. The quantitative estimate of drug-likeness (QED) is 0.350. The number of hydrogen-bond donors (Lipinski definition) is 2. The average Bonchev–Trinajstić information content (AvgIpc) is 2.38. The van der Waals surface area contributed by atoms with E-state index in [0.717, 1.165) is 5.56 Å². The Bertz CT molecular complexity index is 578. The number of hydrazone groups is 2. The summed E-state index contributed by atoms with van der Waals surface area (Å²) in [6.45, 7) is 0. The van der Waals surface area contributed by atoms with E-state index in [1.165, 1.54) is 24.4 Å². The summed E-state index contributed by atoms with van der Waals surface area (Å²) >= 11 is 0. The molecule has 20 heavy (non-hydrogen) atoms. The van der Waals surface area contributed by atoms with E-state index in [1.54, 1.807) is 18.2 Å². The third-order valence-corrected chi connectivity index (χ3v) is 1.92. The topological polar surface area (TPSA) is 149 Å². The minimum absolute atomic E-state index is 0.00116. The Balaban J connectivity index is 2.52. The first kappa shape index (κ1) is 14.8. The van der Waals surface area contributed by atoms with Crippen molar-refractivity contribution in [3.05, 3.63) is 56.1 Å². The number of nitrogens with two attached hydrogens (primary N) is 1. The number of rotatable bonds is 5. The van der Waals surface area contributed by atoms with Crippen LogP contribution in [0.3, 0.4) is 0 Å². The highest BCUT2D eigenvalue weighted by Crippen LogP contribution is 2.12. The molecule has 1 aromatic rings. The van der Waals surface area contributed by atoms with E-state index in [1.807, 2.05) is 0 Å². The highest BCUT2D eigenvalue weighted by molar-refractivity contribution is 5.81. The van der Waals surface area contributed by atoms with Crippen molar-refractivity contribution in [2.75, 3.05) is 0 Å². The van der Waals surface area contributed by atoms with Gasteiger partial charge in [0.05, 0.1) is 4.92 Å². The number of guanidine groups is 1. The van der Waals surface area contributed by atoms with Gasteiger partial charge in [-0.15, -0.1) is 0 Å². The van der Waals surface area contributed by atoms with Gasteiger partial charge < -0.3 is 5.73 Å². The summed E-state index contributed by atoms with van der Waals surface area (Å²) in [5.41, 5.74) is 7.98. The molecular weight excluding hydrogens is 268 g/mol. The number of allylic oxidation sites excluding steroid dienone is 1.